The number of ether oxygens (including phenoxy) is 1. The van der Waals surface area contributed by atoms with Crippen LogP contribution in [0.25, 0.3) is 11.0 Å². The number of amides is 2. The lowest BCUT2D eigenvalue weighted by atomic mass is 10.1. The number of likely N-dealkylation sites (N-methyl/N-ethyl adjacent to an activating group) is 1. The molecule has 0 aliphatic rings. The third-order valence-electron chi connectivity index (χ3n) is 6.65. The van der Waals surface area contributed by atoms with Crippen molar-refractivity contribution in [2.24, 2.45) is 0 Å². The lowest BCUT2D eigenvalue weighted by Gasteiger charge is -2.19. The maximum Gasteiger partial charge on any atom is 0.251 e. The monoisotopic (exact) mass is 518 g/mol. The second-order valence-electron chi connectivity index (χ2n) is 9.11. The van der Waals surface area contributed by atoms with Crippen molar-refractivity contribution in [3.63, 3.8) is 0 Å². The number of hydrogen-bond donors (Lipinski definition) is 1. The molecule has 0 bridgehead atoms. The van der Waals surface area contributed by atoms with Crippen LogP contribution in [0, 0.1) is 0 Å². The van der Waals surface area contributed by atoms with E-state index >= 15 is 0 Å². The van der Waals surface area contributed by atoms with Crippen LogP contribution in [0.2, 0.25) is 0 Å². The molecule has 0 saturated heterocycles. The number of carbonyl (C=O) groups excluding carboxylic acids is 2. The third-order valence-corrected chi connectivity index (χ3v) is 7.53. The van der Waals surface area contributed by atoms with Crippen molar-refractivity contribution in [3.8, 4) is 5.75 Å². The van der Waals surface area contributed by atoms with E-state index in [1.807, 2.05) is 42.5 Å². The largest absolute Gasteiger partial charge is 0.497 e. The fourth-order valence-corrected chi connectivity index (χ4v) is 5.23. The van der Waals surface area contributed by atoms with Crippen molar-refractivity contribution in [3.05, 3.63) is 81.8 Å². The van der Waals surface area contributed by atoms with E-state index in [1.165, 1.54) is 4.88 Å². The molecule has 0 unspecified atom stereocenters. The van der Waals surface area contributed by atoms with Crippen molar-refractivity contribution in [2.75, 3.05) is 20.7 Å². The van der Waals surface area contributed by atoms with Gasteiger partial charge in [0.2, 0.25) is 5.91 Å². The quantitative estimate of drug-likeness (QED) is 0.287. The first kappa shape index (κ1) is 26.4. The van der Waals surface area contributed by atoms with Gasteiger partial charge in [0, 0.05) is 36.5 Å². The van der Waals surface area contributed by atoms with Crippen molar-refractivity contribution >= 4 is 34.2 Å². The topological polar surface area (TPSA) is 76.5 Å². The van der Waals surface area contributed by atoms with Crippen LogP contribution in [-0.4, -0.2) is 47.0 Å². The zero-order valence-electron chi connectivity index (χ0n) is 21.9. The van der Waals surface area contributed by atoms with Crippen LogP contribution in [0.3, 0.4) is 0 Å². The summed E-state index contributed by atoms with van der Waals surface area (Å²) in [6.07, 6.45) is 2.78. The maximum atomic E-state index is 12.9. The minimum absolute atomic E-state index is 0.0741. The van der Waals surface area contributed by atoms with Gasteiger partial charge in [0.25, 0.3) is 5.91 Å². The Bertz CT molecular complexity index is 1340. The Hall–Kier alpha value is -3.65. The normalized spacial score (nSPS) is 11.2. The second-order valence-corrected chi connectivity index (χ2v) is 10.1. The number of hydrogen-bond acceptors (Lipinski definition) is 5. The van der Waals surface area contributed by atoms with Crippen LogP contribution in [0.4, 0.5) is 0 Å². The Morgan fingerprint density at radius 1 is 1.11 bits per heavy atom. The molecule has 0 radical (unpaired) electrons. The van der Waals surface area contributed by atoms with Gasteiger partial charge in [0.05, 0.1) is 24.7 Å². The SMILES string of the molecule is CCC(CC)n1c(Cc2cccs2)nc2cc(C(=O)NCC(=O)N(C)Cc3ccc(OC)cc3)ccc21. The lowest BCUT2D eigenvalue weighted by molar-refractivity contribution is -0.129. The molecule has 0 fully saturated rings. The summed E-state index contributed by atoms with van der Waals surface area (Å²) in [6.45, 7) is 4.76. The summed E-state index contributed by atoms with van der Waals surface area (Å²) < 4.78 is 7.50. The Labute approximate surface area is 222 Å². The van der Waals surface area contributed by atoms with Crippen molar-refractivity contribution in [1.29, 1.82) is 0 Å². The van der Waals surface area contributed by atoms with Gasteiger partial charge in [-0.3, -0.25) is 9.59 Å². The van der Waals surface area contributed by atoms with Gasteiger partial charge >= 0.3 is 0 Å². The van der Waals surface area contributed by atoms with Crippen molar-refractivity contribution in [2.45, 2.75) is 45.7 Å². The van der Waals surface area contributed by atoms with Crippen molar-refractivity contribution < 1.29 is 14.3 Å². The zero-order valence-corrected chi connectivity index (χ0v) is 22.7. The van der Waals surface area contributed by atoms with E-state index in [0.717, 1.165) is 47.4 Å². The lowest BCUT2D eigenvalue weighted by Crippen LogP contribution is -2.37. The molecule has 37 heavy (non-hydrogen) atoms. The highest BCUT2D eigenvalue weighted by Gasteiger charge is 2.19. The molecule has 0 atom stereocenters. The summed E-state index contributed by atoms with van der Waals surface area (Å²) in [4.78, 5) is 33.3. The molecule has 194 valence electrons. The van der Waals surface area contributed by atoms with Crippen molar-refractivity contribution in [1.82, 2.24) is 19.8 Å². The van der Waals surface area contributed by atoms with Crippen LogP contribution in [0.1, 0.15) is 59.4 Å². The minimum atomic E-state index is -0.287. The van der Waals surface area contributed by atoms with E-state index in [0.29, 0.717) is 18.2 Å². The molecule has 0 saturated carbocycles. The van der Waals surface area contributed by atoms with E-state index in [4.69, 9.17) is 9.72 Å². The number of nitrogens with zero attached hydrogens (tertiary/aromatic N) is 3. The number of nitrogens with one attached hydrogen (secondary N) is 1. The van der Waals surface area contributed by atoms with Crippen LogP contribution in [0.5, 0.6) is 5.75 Å². The average Bonchev–Trinajstić information content (AvgIpc) is 3.56. The Kier molecular flexibility index (Phi) is 8.61. The molecule has 0 spiro atoms. The number of thiophene rings is 1. The van der Waals surface area contributed by atoms with E-state index in [-0.39, 0.29) is 18.4 Å². The van der Waals surface area contributed by atoms with Gasteiger partial charge in [0.1, 0.15) is 11.6 Å². The van der Waals surface area contributed by atoms with Gasteiger partial charge in [-0.15, -0.1) is 11.3 Å². The first-order valence-electron chi connectivity index (χ1n) is 12.6. The third kappa shape index (κ3) is 6.20. The Morgan fingerprint density at radius 3 is 2.51 bits per heavy atom. The zero-order chi connectivity index (χ0) is 26.4. The maximum absolute atomic E-state index is 12.9. The molecule has 4 rings (SSSR count). The van der Waals surface area contributed by atoms with Gasteiger partial charge < -0.3 is 19.5 Å². The number of aromatic nitrogens is 2. The number of imidazole rings is 1. The van der Waals surface area contributed by atoms with E-state index in [9.17, 15) is 9.59 Å². The Morgan fingerprint density at radius 2 is 1.86 bits per heavy atom. The highest BCUT2D eigenvalue weighted by Crippen LogP contribution is 2.28. The predicted molar refractivity (Wildman–Crippen MR) is 148 cm³/mol. The first-order valence-corrected chi connectivity index (χ1v) is 13.5. The smallest absolute Gasteiger partial charge is 0.251 e. The fourth-order valence-electron chi connectivity index (χ4n) is 4.53. The number of fused-ring (bicyclic) bond motifs is 1. The van der Waals surface area contributed by atoms with Crippen LogP contribution in [0.15, 0.2) is 60.0 Å². The molecule has 2 amide bonds. The standard InChI is InChI=1S/C29H34N4O3S/c1-5-22(6-2)33-26-14-11-21(16-25(26)31-27(33)17-24-8-7-15-37-24)29(35)30-18-28(34)32(3)19-20-9-12-23(36-4)13-10-20/h7-16,22H,5-6,17-19H2,1-4H3,(H,30,35). The molecule has 8 heteroatoms. The Balaban J connectivity index is 1.45. The molecule has 2 aromatic heterocycles. The van der Waals surface area contributed by atoms with Gasteiger partial charge in [0.15, 0.2) is 0 Å². The number of rotatable bonds is 11. The molecule has 0 aliphatic heterocycles. The highest BCUT2D eigenvalue weighted by atomic mass is 32.1. The average molecular weight is 519 g/mol. The van der Waals surface area contributed by atoms with Gasteiger partial charge in [-0.05, 0) is 60.2 Å². The summed E-state index contributed by atoms with van der Waals surface area (Å²) in [5.41, 5.74) is 3.32. The van der Waals surface area contributed by atoms with Crippen LogP contribution >= 0.6 is 11.3 Å². The minimum Gasteiger partial charge on any atom is -0.497 e. The molecule has 7 nitrogen and oxygen atoms in total. The molecule has 2 heterocycles. The summed E-state index contributed by atoms with van der Waals surface area (Å²) in [5, 5.41) is 4.85. The molecule has 4 aromatic rings. The molecule has 2 aromatic carbocycles. The summed E-state index contributed by atoms with van der Waals surface area (Å²) in [7, 11) is 3.35. The first-order chi connectivity index (χ1) is 17.9. The van der Waals surface area contributed by atoms with E-state index in [1.54, 1.807) is 30.4 Å². The fraction of sp³-hybridized carbons (Fsp3) is 0.345. The summed E-state index contributed by atoms with van der Waals surface area (Å²) in [6, 6.07) is 17.7. The van der Waals surface area contributed by atoms with E-state index in [2.05, 4.69) is 41.2 Å². The summed E-state index contributed by atoms with van der Waals surface area (Å²) in [5.74, 6) is 1.33. The van der Waals surface area contributed by atoms with Crippen LogP contribution in [-0.2, 0) is 17.8 Å². The number of carbonyl (C=O) groups is 2. The highest BCUT2D eigenvalue weighted by molar-refractivity contribution is 7.09. The van der Waals surface area contributed by atoms with Crippen LogP contribution < -0.4 is 10.1 Å². The number of benzene rings is 2. The van der Waals surface area contributed by atoms with Gasteiger partial charge in [-0.1, -0.05) is 32.0 Å². The van der Waals surface area contributed by atoms with Gasteiger partial charge in [-0.2, -0.15) is 0 Å². The number of methoxy groups -OCH3 is 1. The predicted octanol–water partition coefficient (Wildman–Crippen LogP) is 5.45. The summed E-state index contributed by atoms with van der Waals surface area (Å²) >= 11 is 1.73. The van der Waals surface area contributed by atoms with E-state index < -0.39 is 0 Å². The molecular weight excluding hydrogens is 484 g/mol. The second kappa shape index (κ2) is 12.1. The molecular formula is C29H34N4O3S. The molecule has 1 N–H and O–H groups in total. The van der Waals surface area contributed by atoms with Gasteiger partial charge in [-0.25, -0.2) is 4.98 Å². The molecule has 0 aliphatic carbocycles.